The summed E-state index contributed by atoms with van der Waals surface area (Å²) in [6.07, 6.45) is 0. The van der Waals surface area contributed by atoms with Gasteiger partial charge < -0.3 is 9.30 Å². The van der Waals surface area contributed by atoms with Gasteiger partial charge in [-0.15, -0.1) is 5.10 Å². The molecule has 10 heteroatoms. The van der Waals surface area contributed by atoms with Crippen LogP contribution in [0.1, 0.15) is 21.7 Å². The number of halogens is 2. The van der Waals surface area contributed by atoms with Crippen molar-refractivity contribution in [3.8, 4) is 11.4 Å². The van der Waals surface area contributed by atoms with Crippen molar-refractivity contribution in [2.24, 2.45) is 7.05 Å². The van der Waals surface area contributed by atoms with Gasteiger partial charge in [0.25, 0.3) is 0 Å². The van der Waals surface area contributed by atoms with E-state index in [0.717, 1.165) is 17.1 Å². The van der Waals surface area contributed by atoms with Gasteiger partial charge in [0.15, 0.2) is 5.78 Å². The topological polar surface area (TPSA) is 74.8 Å². The number of aromatic nitrogens is 5. The molecular formula is C17H17F2N5O2S. The number of ketones is 1. The summed E-state index contributed by atoms with van der Waals surface area (Å²) in [6, 6.07) is 8.10. The third kappa shape index (κ3) is 4.16. The molecule has 0 aliphatic rings. The predicted octanol–water partition coefficient (Wildman–Crippen LogP) is 3.19. The number of carbonyl (C=O) groups is 1. The summed E-state index contributed by atoms with van der Waals surface area (Å²) < 4.78 is 32.3. The number of thioether (sulfide) groups is 1. The maximum Gasteiger partial charge on any atom is 0.387 e. The molecule has 0 amide bonds. The Morgan fingerprint density at radius 1 is 1.26 bits per heavy atom. The fourth-order valence-electron chi connectivity index (χ4n) is 2.77. The number of nitrogens with zero attached hydrogens (tertiary/aromatic N) is 5. The van der Waals surface area contributed by atoms with Crippen LogP contribution in [-0.2, 0) is 7.05 Å². The van der Waals surface area contributed by atoms with E-state index in [4.69, 9.17) is 0 Å². The third-order valence-corrected chi connectivity index (χ3v) is 4.98. The van der Waals surface area contributed by atoms with Crippen molar-refractivity contribution in [1.29, 1.82) is 0 Å². The lowest BCUT2D eigenvalue weighted by Crippen LogP contribution is -2.07. The summed E-state index contributed by atoms with van der Waals surface area (Å²) >= 11 is 1.26. The zero-order valence-electron chi connectivity index (χ0n) is 14.9. The second-order valence-corrected chi connectivity index (χ2v) is 6.73. The SMILES string of the molecule is Cc1cc(C(=O)CSc2nnnn2C)c(C)n1-c1ccc(OC(F)F)cc1. The highest BCUT2D eigenvalue weighted by Gasteiger charge is 2.18. The molecule has 2 aromatic heterocycles. The highest BCUT2D eigenvalue weighted by molar-refractivity contribution is 7.99. The third-order valence-electron chi connectivity index (χ3n) is 3.97. The summed E-state index contributed by atoms with van der Waals surface area (Å²) in [7, 11) is 1.71. The molecule has 0 fully saturated rings. The van der Waals surface area contributed by atoms with Gasteiger partial charge in [0.2, 0.25) is 5.16 Å². The molecule has 0 aliphatic carbocycles. The lowest BCUT2D eigenvalue weighted by molar-refractivity contribution is -0.0498. The number of ether oxygens (including phenoxy) is 1. The van der Waals surface area contributed by atoms with Crippen LogP contribution in [0.2, 0.25) is 0 Å². The minimum absolute atomic E-state index is 0.0417. The molecular weight excluding hydrogens is 376 g/mol. The summed E-state index contributed by atoms with van der Waals surface area (Å²) in [5.41, 5.74) is 3.00. The fourth-order valence-corrected chi connectivity index (χ4v) is 3.50. The molecule has 0 aliphatic heterocycles. The Morgan fingerprint density at radius 3 is 2.56 bits per heavy atom. The average Bonchev–Trinajstić information content (AvgIpc) is 3.16. The van der Waals surface area contributed by atoms with Crippen LogP contribution < -0.4 is 4.74 Å². The second-order valence-electron chi connectivity index (χ2n) is 5.79. The predicted molar refractivity (Wildman–Crippen MR) is 95.7 cm³/mol. The highest BCUT2D eigenvalue weighted by Crippen LogP contribution is 2.25. The molecule has 0 bridgehead atoms. The lowest BCUT2D eigenvalue weighted by Gasteiger charge is -2.11. The number of alkyl halides is 2. The maximum atomic E-state index is 12.6. The van der Waals surface area contributed by atoms with E-state index in [-0.39, 0.29) is 17.3 Å². The van der Waals surface area contributed by atoms with Crippen molar-refractivity contribution < 1.29 is 18.3 Å². The summed E-state index contributed by atoms with van der Waals surface area (Å²) in [5.74, 6) is 0.251. The van der Waals surface area contributed by atoms with Crippen LogP contribution >= 0.6 is 11.8 Å². The molecule has 0 saturated carbocycles. The van der Waals surface area contributed by atoms with Crippen LogP contribution in [0, 0.1) is 13.8 Å². The zero-order valence-corrected chi connectivity index (χ0v) is 15.7. The molecule has 0 radical (unpaired) electrons. The van der Waals surface area contributed by atoms with Crippen molar-refractivity contribution >= 4 is 17.5 Å². The van der Waals surface area contributed by atoms with Gasteiger partial charge in [0.05, 0.1) is 5.75 Å². The number of hydrogen-bond donors (Lipinski definition) is 0. The molecule has 0 N–H and O–H groups in total. The van der Waals surface area contributed by atoms with Gasteiger partial charge in [-0.25, -0.2) is 4.68 Å². The van der Waals surface area contributed by atoms with E-state index < -0.39 is 6.61 Å². The van der Waals surface area contributed by atoms with E-state index in [1.54, 1.807) is 19.2 Å². The first-order valence-electron chi connectivity index (χ1n) is 7.99. The number of tetrazole rings is 1. The first-order valence-corrected chi connectivity index (χ1v) is 8.98. The minimum Gasteiger partial charge on any atom is -0.435 e. The molecule has 3 rings (SSSR count). The summed E-state index contributed by atoms with van der Waals surface area (Å²) in [4.78, 5) is 12.6. The molecule has 27 heavy (non-hydrogen) atoms. The van der Waals surface area contributed by atoms with Crippen LogP contribution in [0.4, 0.5) is 8.78 Å². The quantitative estimate of drug-likeness (QED) is 0.453. The van der Waals surface area contributed by atoms with E-state index in [9.17, 15) is 13.6 Å². The van der Waals surface area contributed by atoms with Gasteiger partial charge in [-0.05, 0) is 54.6 Å². The Morgan fingerprint density at radius 2 is 1.96 bits per heavy atom. The van der Waals surface area contributed by atoms with Crippen LogP contribution in [0.5, 0.6) is 5.75 Å². The van der Waals surface area contributed by atoms with Crippen LogP contribution in [0.3, 0.4) is 0 Å². The largest absolute Gasteiger partial charge is 0.435 e. The average molecular weight is 393 g/mol. The number of rotatable bonds is 7. The van der Waals surface area contributed by atoms with Gasteiger partial charge in [0.1, 0.15) is 5.75 Å². The second kappa shape index (κ2) is 7.87. The van der Waals surface area contributed by atoms with Gasteiger partial charge in [-0.2, -0.15) is 8.78 Å². The normalized spacial score (nSPS) is 11.2. The van der Waals surface area contributed by atoms with Crippen molar-refractivity contribution in [2.75, 3.05) is 5.75 Å². The molecule has 0 spiro atoms. The number of Topliss-reactive ketones (excluding diaryl/α,β-unsaturated/α-hetero) is 1. The Bertz CT molecular complexity index is 953. The van der Waals surface area contributed by atoms with Crippen molar-refractivity contribution in [3.05, 3.63) is 47.3 Å². The van der Waals surface area contributed by atoms with E-state index in [1.807, 2.05) is 24.5 Å². The van der Waals surface area contributed by atoms with Gasteiger partial charge >= 0.3 is 6.61 Å². The number of aryl methyl sites for hydroxylation is 2. The minimum atomic E-state index is -2.86. The zero-order chi connectivity index (χ0) is 19.6. The lowest BCUT2D eigenvalue weighted by atomic mass is 10.2. The first kappa shape index (κ1) is 19.0. The van der Waals surface area contributed by atoms with Gasteiger partial charge in [-0.3, -0.25) is 4.79 Å². The Labute approximate surface area is 158 Å². The van der Waals surface area contributed by atoms with Crippen molar-refractivity contribution in [3.63, 3.8) is 0 Å². The van der Waals surface area contributed by atoms with Crippen molar-refractivity contribution in [2.45, 2.75) is 25.6 Å². The molecule has 142 valence electrons. The van der Waals surface area contributed by atoms with Crippen LogP contribution in [0.15, 0.2) is 35.5 Å². The Kier molecular flexibility index (Phi) is 5.54. The number of hydrogen-bond acceptors (Lipinski definition) is 6. The van der Waals surface area contributed by atoms with Gasteiger partial charge in [0, 0.05) is 29.7 Å². The Hall–Kier alpha value is -2.75. The summed E-state index contributed by atoms with van der Waals surface area (Å²) in [6.45, 7) is 0.863. The van der Waals surface area contributed by atoms with Crippen LogP contribution in [-0.4, -0.2) is 42.9 Å². The summed E-state index contributed by atoms with van der Waals surface area (Å²) in [5, 5.41) is 11.7. The van der Waals surface area contributed by atoms with E-state index in [1.165, 1.54) is 28.6 Å². The smallest absolute Gasteiger partial charge is 0.387 e. The highest BCUT2D eigenvalue weighted by atomic mass is 32.2. The van der Waals surface area contributed by atoms with Crippen molar-refractivity contribution in [1.82, 2.24) is 24.8 Å². The number of carbonyl (C=O) groups excluding carboxylic acids is 1. The molecule has 0 saturated heterocycles. The molecule has 0 atom stereocenters. The van der Waals surface area contributed by atoms with Crippen LogP contribution in [0.25, 0.3) is 5.69 Å². The molecule has 2 heterocycles. The van der Waals surface area contributed by atoms with E-state index >= 15 is 0 Å². The molecule has 1 aromatic carbocycles. The Balaban J connectivity index is 1.79. The monoisotopic (exact) mass is 393 g/mol. The first-order chi connectivity index (χ1) is 12.9. The molecule has 3 aromatic rings. The molecule has 7 nitrogen and oxygen atoms in total. The van der Waals surface area contributed by atoms with E-state index in [2.05, 4.69) is 20.3 Å². The maximum absolute atomic E-state index is 12.6. The number of benzene rings is 1. The van der Waals surface area contributed by atoms with E-state index in [0.29, 0.717) is 10.7 Å². The standard InChI is InChI=1S/C17H17F2N5O2S/c1-10-8-14(15(25)9-27-17-20-21-22-23(17)3)11(2)24(10)12-4-6-13(7-5-12)26-16(18)19/h4-8,16H,9H2,1-3H3. The van der Waals surface area contributed by atoms with Gasteiger partial charge in [-0.1, -0.05) is 11.8 Å². The molecule has 0 unspecified atom stereocenters. The fraction of sp³-hybridized carbons (Fsp3) is 0.294.